The number of aromatic nitrogens is 3. The minimum atomic E-state index is -0.163. The quantitative estimate of drug-likeness (QED) is 0.820. The van der Waals surface area contributed by atoms with Gasteiger partial charge in [-0.2, -0.15) is 0 Å². The van der Waals surface area contributed by atoms with Crippen LogP contribution in [-0.2, 0) is 0 Å². The van der Waals surface area contributed by atoms with Gasteiger partial charge in [0.25, 0.3) is 5.91 Å². The number of hydrogen-bond donors (Lipinski definition) is 2. The maximum absolute atomic E-state index is 12.8. The summed E-state index contributed by atoms with van der Waals surface area (Å²) in [7, 11) is 0. The number of alkyl halides is 1. The maximum Gasteiger partial charge on any atom is 0.270 e. The van der Waals surface area contributed by atoms with E-state index in [1.165, 1.54) is 6.33 Å². The third-order valence-electron chi connectivity index (χ3n) is 5.02. The van der Waals surface area contributed by atoms with E-state index < -0.39 is 0 Å². The summed E-state index contributed by atoms with van der Waals surface area (Å²) in [4.78, 5) is 26.5. The zero-order valence-electron chi connectivity index (χ0n) is 13.7. The third kappa shape index (κ3) is 2.36. The molecule has 0 saturated carbocycles. The van der Waals surface area contributed by atoms with Crippen molar-refractivity contribution in [1.82, 2.24) is 19.9 Å². The van der Waals surface area contributed by atoms with Crippen LogP contribution in [0.3, 0.4) is 0 Å². The highest BCUT2D eigenvalue weighted by Crippen LogP contribution is 2.39. The van der Waals surface area contributed by atoms with Crippen LogP contribution in [0.4, 0.5) is 5.82 Å². The van der Waals surface area contributed by atoms with Crippen LogP contribution in [0.1, 0.15) is 48.1 Å². The number of amides is 1. The fourth-order valence-corrected chi connectivity index (χ4v) is 4.02. The lowest BCUT2D eigenvalue weighted by atomic mass is 10.1. The van der Waals surface area contributed by atoms with Crippen LogP contribution in [0.5, 0.6) is 0 Å². The molecule has 1 fully saturated rings. The van der Waals surface area contributed by atoms with Gasteiger partial charge in [-0.05, 0) is 32.8 Å². The van der Waals surface area contributed by atoms with E-state index in [1.54, 1.807) is 0 Å². The van der Waals surface area contributed by atoms with Crippen LogP contribution in [-0.4, -0.2) is 44.4 Å². The molecule has 126 valence electrons. The van der Waals surface area contributed by atoms with Gasteiger partial charge in [-0.3, -0.25) is 4.79 Å². The number of fused-ring (bicyclic) bond motifs is 1. The van der Waals surface area contributed by atoms with Gasteiger partial charge in [0.05, 0.1) is 11.1 Å². The number of hydrogen-bond acceptors (Lipinski definition) is 4. The highest BCUT2D eigenvalue weighted by Gasteiger charge is 2.33. The summed E-state index contributed by atoms with van der Waals surface area (Å²) in [5.41, 5.74) is 3.14. The smallest absolute Gasteiger partial charge is 0.270 e. The van der Waals surface area contributed by atoms with Gasteiger partial charge in [0.15, 0.2) is 0 Å². The van der Waals surface area contributed by atoms with E-state index in [-0.39, 0.29) is 23.4 Å². The molecule has 0 aromatic carbocycles. The van der Waals surface area contributed by atoms with E-state index in [9.17, 15) is 4.79 Å². The minimum Gasteiger partial charge on any atom is -0.368 e. The van der Waals surface area contributed by atoms with Crippen molar-refractivity contribution < 1.29 is 4.79 Å². The summed E-state index contributed by atoms with van der Waals surface area (Å²) >= 11 is 6.38. The molecule has 4 heterocycles. The third-order valence-corrected chi connectivity index (χ3v) is 5.39. The molecule has 1 amide bonds. The van der Waals surface area contributed by atoms with Gasteiger partial charge in [0.1, 0.15) is 17.8 Å². The molecule has 0 spiro atoms. The van der Waals surface area contributed by atoms with Crippen molar-refractivity contribution in [2.45, 2.75) is 44.1 Å². The summed E-state index contributed by atoms with van der Waals surface area (Å²) in [5, 5.41) is 3.01. The van der Waals surface area contributed by atoms with Gasteiger partial charge < -0.3 is 15.2 Å². The molecule has 0 radical (unpaired) electrons. The lowest BCUT2D eigenvalue weighted by molar-refractivity contribution is 0.0687. The lowest BCUT2D eigenvalue weighted by Crippen LogP contribution is -2.38. The van der Waals surface area contributed by atoms with Gasteiger partial charge in [0, 0.05) is 36.0 Å². The number of nitrogens with zero attached hydrogens (tertiary/aromatic N) is 3. The van der Waals surface area contributed by atoms with Crippen LogP contribution in [0, 0.1) is 0 Å². The second kappa shape index (κ2) is 5.77. The predicted molar refractivity (Wildman–Crippen MR) is 93.2 cm³/mol. The Morgan fingerprint density at radius 3 is 2.79 bits per heavy atom. The van der Waals surface area contributed by atoms with Crippen molar-refractivity contribution in [3.05, 3.63) is 29.8 Å². The van der Waals surface area contributed by atoms with Crippen LogP contribution in [0.15, 0.2) is 18.6 Å². The van der Waals surface area contributed by atoms with Gasteiger partial charge in [-0.15, -0.1) is 11.6 Å². The first kappa shape index (κ1) is 15.4. The van der Waals surface area contributed by atoms with Gasteiger partial charge in [-0.25, -0.2) is 9.97 Å². The molecule has 2 N–H and O–H groups in total. The fraction of sp³-hybridized carbons (Fsp3) is 0.471. The molecule has 0 aliphatic carbocycles. The number of aromatic amines is 1. The summed E-state index contributed by atoms with van der Waals surface area (Å²) in [6.07, 6.45) is 5.46. The van der Waals surface area contributed by atoms with E-state index in [1.807, 2.05) is 17.2 Å². The van der Waals surface area contributed by atoms with Crippen molar-refractivity contribution in [2.24, 2.45) is 0 Å². The maximum atomic E-state index is 12.8. The number of carbonyl (C=O) groups is 1. The van der Waals surface area contributed by atoms with E-state index in [2.05, 4.69) is 34.1 Å². The molecule has 0 bridgehead atoms. The average molecular weight is 346 g/mol. The van der Waals surface area contributed by atoms with Crippen LogP contribution >= 0.6 is 11.6 Å². The van der Waals surface area contributed by atoms with Gasteiger partial charge in [-0.1, -0.05) is 0 Å². The van der Waals surface area contributed by atoms with Crippen LogP contribution < -0.4 is 5.32 Å². The highest BCUT2D eigenvalue weighted by molar-refractivity contribution is 6.22. The Kier molecular flexibility index (Phi) is 3.72. The van der Waals surface area contributed by atoms with Crippen molar-refractivity contribution in [1.29, 1.82) is 0 Å². The first-order valence-electron chi connectivity index (χ1n) is 8.30. The predicted octanol–water partition coefficient (Wildman–Crippen LogP) is 3.19. The molecule has 1 saturated heterocycles. The first-order valence-corrected chi connectivity index (χ1v) is 8.74. The van der Waals surface area contributed by atoms with E-state index in [0.717, 1.165) is 35.5 Å². The number of anilines is 1. The zero-order chi connectivity index (χ0) is 16.8. The standard InChI is InChI=1S/C17H20ClN5O/c1-9-3-4-10(2)23(9)17(24)13-5-11(6-19-13)15-14-12(18)7-20-16(14)22-8-21-15/h5-6,8-10,12,19H,3-4,7H2,1-2H3,(H,20,21,22)/t9-,10-,12?/m1/s1. The number of carbonyl (C=O) groups excluding carboxylic acids is 1. The molecule has 2 aliphatic rings. The fourth-order valence-electron chi connectivity index (χ4n) is 3.74. The topological polar surface area (TPSA) is 73.9 Å². The number of rotatable bonds is 2. The summed E-state index contributed by atoms with van der Waals surface area (Å²) in [6, 6.07) is 2.42. The SMILES string of the molecule is C[C@@H]1CC[C@@H](C)N1C(=O)c1cc(-c2ncnc3c2C(Cl)CN3)c[nH]1. The Bertz CT molecular complexity index is 779. The van der Waals surface area contributed by atoms with Crippen LogP contribution in [0.25, 0.3) is 11.3 Å². The number of likely N-dealkylation sites (tertiary alicyclic amines) is 1. The van der Waals surface area contributed by atoms with E-state index >= 15 is 0 Å². The Balaban J connectivity index is 1.67. The Morgan fingerprint density at radius 2 is 2.04 bits per heavy atom. The summed E-state index contributed by atoms with van der Waals surface area (Å²) < 4.78 is 0. The zero-order valence-corrected chi connectivity index (χ0v) is 14.5. The van der Waals surface area contributed by atoms with Crippen molar-refractivity contribution in [2.75, 3.05) is 11.9 Å². The molecule has 2 aliphatic heterocycles. The highest BCUT2D eigenvalue weighted by atomic mass is 35.5. The molecule has 2 aromatic rings. The molecule has 6 nitrogen and oxygen atoms in total. The molecular formula is C17H20ClN5O. The van der Waals surface area contributed by atoms with Crippen molar-refractivity contribution >= 4 is 23.3 Å². The van der Waals surface area contributed by atoms with E-state index in [0.29, 0.717) is 12.2 Å². The molecule has 24 heavy (non-hydrogen) atoms. The second-order valence-electron chi connectivity index (χ2n) is 6.62. The van der Waals surface area contributed by atoms with Crippen LogP contribution in [0.2, 0.25) is 0 Å². The number of halogens is 1. The molecule has 4 rings (SSSR count). The number of H-pyrrole nitrogens is 1. The largest absolute Gasteiger partial charge is 0.368 e. The normalized spacial score (nSPS) is 25.6. The van der Waals surface area contributed by atoms with Gasteiger partial charge in [0.2, 0.25) is 0 Å². The Morgan fingerprint density at radius 1 is 1.29 bits per heavy atom. The Hall–Kier alpha value is -2.08. The molecule has 7 heteroatoms. The lowest BCUT2D eigenvalue weighted by Gasteiger charge is -2.25. The molecular weight excluding hydrogens is 326 g/mol. The monoisotopic (exact) mass is 345 g/mol. The molecule has 2 aromatic heterocycles. The van der Waals surface area contributed by atoms with Gasteiger partial charge >= 0.3 is 0 Å². The summed E-state index contributed by atoms with van der Waals surface area (Å²) in [6.45, 7) is 4.85. The molecule has 3 atom stereocenters. The van der Waals surface area contributed by atoms with Crippen molar-refractivity contribution in [3.8, 4) is 11.3 Å². The second-order valence-corrected chi connectivity index (χ2v) is 7.15. The Labute approximate surface area is 145 Å². The summed E-state index contributed by atoms with van der Waals surface area (Å²) in [5.74, 6) is 0.820. The first-order chi connectivity index (χ1) is 11.6. The number of nitrogens with one attached hydrogen (secondary N) is 2. The average Bonchev–Trinajstić information content (AvgIpc) is 3.27. The van der Waals surface area contributed by atoms with Crippen molar-refractivity contribution in [3.63, 3.8) is 0 Å². The minimum absolute atomic E-state index is 0.0463. The molecule has 1 unspecified atom stereocenters. The van der Waals surface area contributed by atoms with E-state index in [4.69, 9.17) is 11.6 Å².